The van der Waals surface area contributed by atoms with Crippen molar-refractivity contribution >= 4 is 16.6 Å². The molecule has 1 aromatic heterocycles. The lowest BCUT2D eigenvalue weighted by molar-refractivity contribution is 0.420. The van der Waals surface area contributed by atoms with Crippen molar-refractivity contribution in [2.75, 3.05) is 12.8 Å². The number of rotatable bonds is 3. The number of anilines is 1. The molecule has 3 nitrogen and oxygen atoms in total. The van der Waals surface area contributed by atoms with Gasteiger partial charge in [0.25, 0.3) is 0 Å². The zero-order valence-corrected chi connectivity index (χ0v) is 11.1. The third kappa shape index (κ3) is 1.99. The van der Waals surface area contributed by atoms with Crippen LogP contribution in [0.4, 0.5) is 10.1 Å². The van der Waals surface area contributed by atoms with Gasteiger partial charge in [-0.25, -0.2) is 4.39 Å². The van der Waals surface area contributed by atoms with Crippen molar-refractivity contribution in [3.63, 3.8) is 0 Å². The van der Waals surface area contributed by atoms with E-state index in [1.165, 1.54) is 6.07 Å². The Balaban J connectivity index is 2.08. The fourth-order valence-electron chi connectivity index (χ4n) is 2.42. The summed E-state index contributed by atoms with van der Waals surface area (Å²) in [6, 6.07) is 12.5. The summed E-state index contributed by atoms with van der Waals surface area (Å²) in [5.74, 6) is 0.525. The number of nitrogens with two attached hydrogens (primary N) is 1. The Kier molecular flexibility index (Phi) is 3.06. The van der Waals surface area contributed by atoms with E-state index in [1.807, 2.05) is 35.0 Å². The number of hydrogen-bond donors (Lipinski definition) is 1. The van der Waals surface area contributed by atoms with Crippen molar-refractivity contribution < 1.29 is 9.13 Å². The lowest BCUT2D eigenvalue weighted by atomic mass is 10.1. The topological polar surface area (TPSA) is 40.2 Å². The highest BCUT2D eigenvalue weighted by atomic mass is 19.1. The maximum absolute atomic E-state index is 13.9. The van der Waals surface area contributed by atoms with Crippen LogP contribution in [0.5, 0.6) is 5.75 Å². The number of benzene rings is 2. The summed E-state index contributed by atoms with van der Waals surface area (Å²) < 4.78 is 21.2. The van der Waals surface area contributed by atoms with Gasteiger partial charge in [0, 0.05) is 22.8 Å². The van der Waals surface area contributed by atoms with Gasteiger partial charge in [-0.2, -0.15) is 0 Å². The van der Waals surface area contributed by atoms with Gasteiger partial charge in [0.15, 0.2) is 0 Å². The molecule has 3 aromatic rings. The molecule has 3 rings (SSSR count). The first-order valence-electron chi connectivity index (χ1n) is 6.35. The van der Waals surface area contributed by atoms with E-state index in [1.54, 1.807) is 19.2 Å². The molecule has 0 radical (unpaired) electrons. The zero-order chi connectivity index (χ0) is 14.1. The highest BCUT2D eigenvalue weighted by molar-refractivity contribution is 5.86. The van der Waals surface area contributed by atoms with Crippen molar-refractivity contribution in [2.45, 2.75) is 6.54 Å². The van der Waals surface area contributed by atoms with Crippen LogP contribution in [0, 0.1) is 5.82 Å². The molecule has 0 bridgehead atoms. The van der Waals surface area contributed by atoms with E-state index in [9.17, 15) is 4.39 Å². The molecule has 1 heterocycles. The van der Waals surface area contributed by atoms with E-state index in [0.29, 0.717) is 17.8 Å². The normalized spacial score (nSPS) is 10.9. The van der Waals surface area contributed by atoms with E-state index in [4.69, 9.17) is 10.5 Å². The molecule has 0 amide bonds. The van der Waals surface area contributed by atoms with E-state index in [2.05, 4.69) is 0 Å². The van der Waals surface area contributed by atoms with E-state index < -0.39 is 0 Å². The first kappa shape index (κ1) is 12.5. The number of methoxy groups -OCH3 is 1. The predicted molar refractivity (Wildman–Crippen MR) is 78.4 cm³/mol. The molecule has 0 fully saturated rings. The van der Waals surface area contributed by atoms with Crippen LogP contribution in [0.1, 0.15) is 5.56 Å². The number of ether oxygens (including phenoxy) is 1. The average Bonchev–Trinajstić information content (AvgIpc) is 2.86. The Hall–Kier alpha value is -2.49. The summed E-state index contributed by atoms with van der Waals surface area (Å²) in [5, 5.41) is 1.00. The first-order chi connectivity index (χ1) is 9.70. The van der Waals surface area contributed by atoms with E-state index in [0.717, 1.165) is 16.7 Å². The molecule has 4 heteroatoms. The fourth-order valence-corrected chi connectivity index (χ4v) is 2.42. The summed E-state index contributed by atoms with van der Waals surface area (Å²) in [4.78, 5) is 0. The molecule has 102 valence electrons. The van der Waals surface area contributed by atoms with E-state index >= 15 is 0 Å². The third-order valence-corrected chi connectivity index (χ3v) is 3.48. The number of nitrogens with zero attached hydrogens (tertiary/aromatic N) is 1. The first-order valence-corrected chi connectivity index (χ1v) is 6.35. The molecule has 0 saturated heterocycles. The third-order valence-electron chi connectivity index (χ3n) is 3.48. The van der Waals surface area contributed by atoms with Gasteiger partial charge in [0.1, 0.15) is 11.6 Å². The van der Waals surface area contributed by atoms with Crippen LogP contribution in [0.2, 0.25) is 0 Å². The standard InChI is InChI=1S/C16H15FN2O/c1-20-16-7-3-6-15-11(16)8-9-19(15)10-12-13(17)4-2-5-14(12)18/h2-9H,10,18H2,1H3. The molecule has 0 aliphatic rings. The second-order valence-corrected chi connectivity index (χ2v) is 4.64. The van der Waals surface area contributed by atoms with Crippen molar-refractivity contribution in [3.05, 3.63) is 60.0 Å². The van der Waals surface area contributed by atoms with Gasteiger partial charge in [0.05, 0.1) is 19.2 Å². The molecule has 0 aliphatic carbocycles. The molecule has 0 aliphatic heterocycles. The Bertz CT molecular complexity index is 744. The van der Waals surface area contributed by atoms with Crippen LogP contribution in [-0.4, -0.2) is 11.7 Å². The monoisotopic (exact) mass is 270 g/mol. The van der Waals surface area contributed by atoms with Crippen LogP contribution in [-0.2, 0) is 6.54 Å². The van der Waals surface area contributed by atoms with Gasteiger partial charge in [-0.05, 0) is 30.3 Å². The minimum atomic E-state index is -0.283. The Morgan fingerprint density at radius 3 is 2.70 bits per heavy atom. The highest BCUT2D eigenvalue weighted by Gasteiger charge is 2.10. The second kappa shape index (κ2) is 4.89. The van der Waals surface area contributed by atoms with Crippen LogP contribution in [0.3, 0.4) is 0 Å². The Morgan fingerprint density at radius 2 is 1.95 bits per heavy atom. The lowest BCUT2D eigenvalue weighted by Gasteiger charge is -2.10. The predicted octanol–water partition coefficient (Wildman–Crippen LogP) is 3.42. The van der Waals surface area contributed by atoms with Crippen molar-refractivity contribution in [2.24, 2.45) is 0 Å². The number of nitrogen functional groups attached to an aromatic ring is 1. The molecule has 2 N–H and O–H groups in total. The molecule has 0 spiro atoms. The maximum Gasteiger partial charge on any atom is 0.130 e. The summed E-state index contributed by atoms with van der Waals surface area (Å²) in [6.45, 7) is 0.398. The molecule has 20 heavy (non-hydrogen) atoms. The lowest BCUT2D eigenvalue weighted by Crippen LogP contribution is -2.04. The van der Waals surface area contributed by atoms with Gasteiger partial charge in [-0.1, -0.05) is 12.1 Å². The second-order valence-electron chi connectivity index (χ2n) is 4.64. The van der Waals surface area contributed by atoms with Crippen molar-refractivity contribution in [1.82, 2.24) is 4.57 Å². The number of hydrogen-bond acceptors (Lipinski definition) is 2. The van der Waals surface area contributed by atoms with Crippen molar-refractivity contribution in [3.8, 4) is 5.75 Å². The average molecular weight is 270 g/mol. The van der Waals surface area contributed by atoms with Gasteiger partial charge < -0.3 is 15.0 Å². The minimum Gasteiger partial charge on any atom is -0.496 e. The zero-order valence-electron chi connectivity index (χ0n) is 11.1. The SMILES string of the molecule is COc1cccc2c1ccn2Cc1c(N)cccc1F. The van der Waals surface area contributed by atoms with Gasteiger partial charge in [-0.3, -0.25) is 0 Å². The summed E-state index contributed by atoms with van der Waals surface area (Å²) in [7, 11) is 1.64. The number of fused-ring (bicyclic) bond motifs is 1. The van der Waals surface area contributed by atoms with Crippen LogP contribution < -0.4 is 10.5 Å². The van der Waals surface area contributed by atoms with Gasteiger partial charge in [-0.15, -0.1) is 0 Å². The summed E-state index contributed by atoms with van der Waals surface area (Å²) in [6.07, 6.45) is 1.92. The van der Waals surface area contributed by atoms with Crippen LogP contribution in [0.25, 0.3) is 10.9 Å². The largest absolute Gasteiger partial charge is 0.496 e. The highest BCUT2D eigenvalue weighted by Crippen LogP contribution is 2.27. The maximum atomic E-state index is 13.9. The summed E-state index contributed by atoms with van der Waals surface area (Å²) >= 11 is 0. The van der Waals surface area contributed by atoms with Crippen LogP contribution in [0.15, 0.2) is 48.7 Å². The van der Waals surface area contributed by atoms with Crippen molar-refractivity contribution in [1.29, 1.82) is 0 Å². The Morgan fingerprint density at radius 1 is 1.15 bits per heavy atom. The molecular weight excluding hydrogens is 255 g/mol. The molecule has 0 unspecified atom stereocenters. The molecule has 0 atom stereocenters. The molecular formula is C16H15FN2O. The fraction of sp³-hybridized carbons (Fsp3) is 0.125. The molecule has 0 saturated carbocycles. The number of halogens is 1. The van der Waals surface area contributed by atoms with Gasteiger partial charge >= 0.3 is 0 Å². The smallest absolute Gasteiger partial charge is 0.130 e. The quantitative estimate of drug-likeness (QED) is 0.741. The Labute approximate surface area is 116 Å². The molecule has 2 aromatic carbocycles. The van der Waals surface area contributed by atoms with Crippen LogP contribution >= 0.6 is 0 Å². The van der Waals surface area contributed by atoms with E-state index in [-0.39, 0.29) is 5.82 Å². The summed E-state index contributed by atoms with van der Waals surface area (Å²) in [5.41, 5.74) is 7.83. The minimum absolute atomic E-state index is 0.283. The number of aromatic nitrogens is 1. The van der Waals surface area contributed by atoms with Gasteiger partial charge in [0.2, 0.25) is 0 Å².